The molecule has 0 fully saturated rings. The highest BCUT2D eigenvalue weighted by molar-refractivity contribution is 7.07. The van der Waals surface area contributed by atoms with Gasteiger partial charge in [-0.25, -0.2) is 9.67 Å². The monoisotopic (exact) mass is 358 g/mol. The first-order valence-electron chi connectivity index (χ1n) is 6.90. The fourth-order valence-electron chi connectivity index (χ4n) is 2.02. The van der Waals surface area contributed by atoms with Gasteiger partial charge in [0.15, 0.2) is 4.80 Å². The minimum absolute atomic E-state index is 0.0210. The number of carbonyl (C=O) groups is 1. The number of halogens is 1. The molecule has 0 aliphatic rings. The first-order chi connectivity index (χ1) is 11.7. The fourth-order valence-corrected chi connectivity index (χ4v) is 2.96. The first-order valence-corrected chi connectivity index (χ1v) is 8.16. The third-order valence-electron chi connectivity index (χ3n) is 3.11. The lowest BCUT2D eigenvalue weighted by Crippen LogP contribution is -2.19. The van der Waals surface area contributed by atoms with Crippen LogP contribution in [0.3, 0.4) is 0 Å². The SMILES string of the molecule is N#Cc1ncn(CC(=O)N=c2sccn2Cc2ccccc2Cl)n1. The Balaban J connectivity index is 1.79. The third kappa shape index (κ3) is 3.76. The summed E-state index contributed by atoms with van der Waals surface area (Å²) in [6.45, 7) is 0.454. The molecular formula is C15H11ClN6OS. The van der Waals surface area contributed by atoms with Gasteiger partial charge in [0.1, 0.15) is 18.9 Å². The second kappa shape index (κ2) is 7.21. The third-order valence-corrected chi connectivity index (χ3v) is 4.28. The molecule has 24 heavy (non-hydrogen) atoms. The Bertz CT molecular complexity index is 980. The number of carbonyl (C=O) groups excluding carboxylic acids is 1. The molecule has 2 aromatic heterocycles. The van der Waals surface area contributed by atoms with Gasteiger partial charge in [0, 0.05) is 16.6 Å². The lowest BCUT2D eigenvalue weighted by molar-refractivity contribution is -0.118. The molecule has 0 saturated heterocycles. The number of nitriles is 1. The summed E-state index contributed by atoms with van der Waals surface area (Å²) in [5.41, 5.74) is 0.946. The van der Waals surface area contributed by atoms with Crippen LogP contribution in [0.15, 0.2) is 47.2 Å². The van der Waals surface area contributed by atoms with E-state index in [2.05, 4.69) is 15.1 Å². The number of benzene rings is 1. The van der Waals surface area contributed by atoms with E-state index in [1.165, 1.54) is 22.3 Å². The Kier molecular flexibility index (Phi) is 4.84. The van der Waals surface area contributed by atoms with Crippen molar-refractivity contribution in [3.63, 3.8) is 0 Å². The van der Waals surface area contributed by atoms with E-state index in [4.69, 9.17) is 16.9 Å². The number of hydrogen-bond acceptors (Lipinski definition) is 5. The van der Waals surface area contributed by atoms with E-state index in [0.717, 1.165) is 5.56 Å². The van der Waals surface area contributed by atoms with Crippen molar-refractivity contribution in [3.8, 4) is 6.07 Å². The van der Waals surface area contributed by atoms with E-state index >= 15 is 0 Å². The van der Waals surface area contributed by atoms with Gasteiger partial charge in [-0.2, -0.15) is 10.3 Å². The Morgan fingerprint density at radius 3 is 3.00 bits per heavy atom. The smallest absolute Gasteiger partial charge is 0.270 e. The quantitative estimate of drug-likeness (QED) is 0.711. The first kappa shape index (κ1) is 16.1. The molecular weight excluding hydrogens is 348 g/mol. The second-order valence-electron chi connectivity index (χ2n) is 4.79. The average Bonchev–Trinajstić information content (AvgIpc) is 3.19. The molecule has 0 radical (unpaired) electrons. The summed E-state index contributed by atoms with van der Waals surface area (Å²) in [5, 5.41) is 15.0. The second-order valence-corrected chi connectivity index (χ2v) is 6.07. The maximum atomic E-state index is 12.1. The molecule has 9 heteroatoms. The van der Waals surface area contributed by atoms with Crippen molar-refractivity contribution in [1.29, 1.82) is 5.26 Å². The van der Waals surface area contributed by atoms with Gasteiger partial charge in [0.05, 0.1) is 6.54 Å². The predicted molar refractivity (Wildman–Crippen MR) is 88.2 cm³/mol. The molecule has 3 rings (SSSR count). The molecule has 7 nitrogen and oxygen atoms in total. The molecule has 0 atom stereocenters. The number of thiazole rings is 1. The molecule has 0 aliphatic carbocycles. The van der Waals surface area contributed by atoms with Gasteiger partial charge >= 0.3 is 0 Å². The highest BCUT2D eigenvalue weighted by Crippen LogP contribution is 2.15. The summed E-state index contributed by atoms with van der Waals surface area (Å²) >= 11 is 7.53. The molecule has 0 bridgehead atoms. The lowest BCUT2D eigenvalue weighted by Gasteiger charge is -2.05. The Morgan fingerprint density at radius 1 is 1.42 bits per heavy atom. The van der Waals surface area contributed by atoms with Crippen LogP contribution in [0.25, 0.3) is 0 Å². The summed E-state index contributed by atoms with van der Waals surface area (Å²) in [4.78, 5) is 20.5. The van der Waals surface area contributed by atoms with E-state index in [0.29, 0.717) is 16.4 Å². The normalized spacial score (nSPS) is 11.4. The minimum atomic E-state index is -0.375. The molecule has 120 valence electrons. The standard InChI is InChI=1S/C15H11ClN6OS/c16-12-4-2-1-3-11(12)8-21-5-6-24-15(21)19-14(23)9-22-10-18-13(7-17)20-22/h1-6,10H,8-9H2. The Morgan fingerprint density at radius 2 is 2.25 bits per heavy atom. The van der Waals surface area contributed by atoms with E-state index in [-0.39, 0.29) is 18.3 Å². The van der Waals surface area contributed by atoms with Crippen LogP contribution in [0.2, 0.25) is 5.02 Å². The molecule has 0 spiro atoms. The van der Waals surface area contributed by atoms with Crippen molar-refractivity contribution in [3.05, 3.63) is 63.4 Å². The summed E-state index contributed by atoms with van der Waals surface area (Å²) in [6, 6.07) is 9.34. The van der Waals surface area contributed by atoms with E-state index in [1.807, 2.05) is 46.5 Å². The van der Waals surface area contributed by atoms with Gasteiger partial charge in [0.2, 0.25) is 0 Å². The minimum Gasteiger partial charge on any atom is -0.319 e. The molecule has 1 aromatic carbocycles. The van der Waals surface area contributed by atoms with Crippen LogP contribution in [0.1, 0.15) is 11.4 Å². The van der Waals surface area contributed by atoms with Crippen LogP contribution >= 0.6 is 22.9 Å². The zero-order chi connectivity index (χ0) is 16.9. The summed E-state index contributed by atoms with van der Waals surface area (Å²) in [6.07, 6.45) is 3.18. The highest BCUT2D eigenvalue weighted by Gasteiger charge is 2.07. The van der Waals surface area contributed by atoms with Crippen molar-refractivity contribution in [2.45, 2.75) is 13.1 Å². The summed E-state index contributed by atoms with van der Waals surface area (Å²) in [5.74, 6) is -0.354. The van der Waals surface area contributed by atoms with Crippen molar-refractivity contribution in [2.24, 2.45) is 4.99 Å². The fraction of sp³-hybridized carbons (Fsp3) is 0.133. The van der Waals surface area contributed by atoms with Gasteiger partial charge < -0.3 is 4.57 Å². The van der Waals surface area contributed by atoms with Gasteiger partial charge in [-0.05, 0) is 11.6 Å². The summed E-state index contributed by atoms with van der Waals surface area (Å²) < 4.78 is 3.14. The van der Waals surface area contributed by atoms with Crippen LogP contribution < -0.4 is 4.80 Å². The molecule has 0 N–H and O–H groups in total. The average molecular weight is 359 g/mol. The topological polar surface area (TPSA) is 88.9 Å². The molecule has 3 aromatic rings. The van der Waals surface area contributed by atoms with E-state index in [9.17, 15) is 4.79 Å². The molecule has 0 unspecified atom stereocenters. The van der Waals surface area contributed by atoms with Gasteiger partial charge in [-0.3, -0.25) is 4.79 Å². The van der Waals surface area contributed by atoms with Crippen LogP contribution in [0, 0.1) is 11.3 Å². The number of amides is 1. The van der Waals surface area contributed by atoms with Gasteiger partial charge in [-0.15, -0.1) is 16.4 Å². The van der Waals surface area contributed by atoms with Gasteiger partial charge in [0.25, 0.3) is 11.7 Å². The Hall–Kier alpha value is -2.76. The zero-order valence-corrected chi connectivity index (χ0v) is 13.9. The zero-order valence-electron chi connectivity index (χ0n) is 12.3. The van der Waals surface area contributed by atoms with Crippen LogP contribution in [-0.4, -0.2) is 25.2 Å². The number of aromatic nitrogens is 4. The van der Waals surface area contributed by atoms with Crippen molar-refractivity contribution < 1.29 is 4.79 Å². The predicted octanol–water partition coefficient (Wildman–Crippen LogP) is 1.84. The van der Waals surface area contributed by atoms with Crippen LogP contribution in [0.5, 0.6) is 0 Å². The molecule has 2 heterocycles. The maximum Gasteiger partial charge on any atom is 0.270 e. The van der Waals surface area contributed by atoms with E-state index in [1.54, 1.807) is 0 Å². The number of nitrogens with zero attached hydrogens (tertiary/aromatic N) is 6. The molecule has 0 aliphatic heterocycles. The van der Waals surface area contributed by atoms with Crippen molar-refractivity contribution in [2.75, 3.05) is 0 Å². The van der Waals surface area contributed by atoms with Crippen molar-refractivity contribution >= 4 is 28.8 Å². The lowest BCUT2D eigenvalue weighted by atomic mass is 10.2. The van der Waals surface area contributed by atoms with Crippen LogP contribution in [0.4, 0.5) is 0 Å². The number of hydrogen-bond donors (Lipinski definition) is 0. The molecule has 0 saturated carbocycles. The maximum absolute atomic E-state index is 12.1. The van der Waals surface area contributed by atoms with Crippen LogP contribution in [-0.2, 0) is 17.9 Å². The highest BCUT2D eigenvalue weighted by atomic mass is 35.5. The molecule has 1 amide bonds. The van der Waals surface area contributed by atoms with Crippen molar-refractivity contribution in [1.82, 2.24) is 19.3 Å². The summed E-state index contributed by atoms with van der Waals surface area (Å²) in [7, 11) is 0. The largest absolute Gasteiger partial charge is 0.319 e. The number of rotatable bonds is 4. The van der Waals surface area contributed by atoms with E-state index < -0.39 is 0 Å². The van der Waals surface area contributed by atoms with Gasteiger partial charge in [-0.1, -0.05) is 29.8 Å². The Labute approximate surface area is 146 Å².